The largest absolute Gasteiger partial charge is 0.494 e. The van der Waals surface area contributed by atoms with E-state index in [1.54, 1.807) is 20.0 Å². The summed E-state index contributed by atoms with van der Waals surface area (Å²) in [6.45, 7) is 5.06. The molecule has 0 aliphatic heterocycles. The second-order valence-electron chi connectivity index (χ2n) is 7.31. The number of hydrogen-bond acceptors (Lipinski definition) is 7. The molecule has 0 fully saturated rings. The quantitative estimate of drug-likeness (QED) is 0.352. The van der Waals surface area contributed by atoms with E-state index in [1.807, 2.05) is 42.7 Å². The molecule has 0 atom stereocenters. The Bertz CT molecular complexity index is 1260. The van der Waals surface area contributed by atoms with Gasteiger partial charge in [-0.25, -0.2) is 8.42 Å². The van der Waals surface area contributed by atoms with E-state index >= 15 is 0 Å². The topological polar surface area (TPSA) is 122 Å². The lowest BCUT2D eigenvalue weighted by atomic mass is 10.1. The number of benzene rings is 1. The van der Waals surface area contributed by atoms with Crippen LogP contribution >= 0.6 is 0 Å². The summed E-state index contributed by atoms with van der Waals surface area (Å²) in [5, 5.41) is 3.78. The number of nitrogens with zero attached hydrogens (tertiary/aromatic N) is 3. The Hall–Kier alpha value is -3.44. The number of aromatic nitrogens is 3. The third-order valence-electron chi connectivity index (χ3n) is 4.90. The van der Waals surface area contributed by atoms with E-state index in [0.29, 0.717) is 17.9 Å². The van der Waals surface area contributed by atoms with E-state index in [4.69, 9.17) is 9.47 Å². The zero-order chi connectivity index (χ0) is 24.2. The van der Waals surface area contributed by atoms with Gasteiger partial charge in [-0.3, -0.25) is 14.3 Å². The number of ether oxygens (including phenoxy) is 2. The Kier molecular flexibility index (Phi) is 7.34. The molecule has 10 nitrogen and oxygen atoms in total. The first-order valence-electron chi connectivity index (χ1n) is 10.2. The molecule has 3 rings (SSSR count). The third-order valence-corrected chi connectivity index (χ3v) is 6.26. The van der Waals surface area contributed by atoms with Crippen molar-refractivity contribution in [1.82, 2.24) is 19.1 Å². The predicted molar refractivity (Wildman–Crippen MR) is 120 cm³/mol. The van der Waals surface area contributed by atoms with Gasteiger partial charge in [0.15, 0.2) is 6.61 Å². The average Bonchev–Trinajstić information content (AvgIpc) is 3.35. The third kappa shape index (κ3) is 5.68. The van der Waals surface area contributed by atoms with Crippen molar-refractivity contribution in [3.63, 3.8) is 0 Å². The molecule has 3 aromatic rings. The minimum atomic E-state index is -3.90. The van der Waals surface area contributed by atoms with E-state index in [-0.39, 0.29) is 10.7 Å². The molecule has 1 N–H and O–H groups in total. The van der Waals surface area contributed by atoms with E-state index in [9.17, 15) is 18.0 Å². The van der Waals surface area contributed by atoms with Gasteiger partial charge < -0.3 is 14.0 Å². The molecule has 0 saturated carbocycles. The lowest BCUT2D eigenvalue weighted by Gasteiger charge is -2.11. The van der Waals surface area contributed by atoms with Crippen LogP contribution in [0.3, 0.4) is 0 Å². The average molecular weight is 475 g/mol. The van der Waals surface area contributed by atoms with Gasteiger partial charge in [0.2, 0.25) is 15.8 Å². The predicted octanol–water partition coefficient (Wildman–Crippen LogP) is 1.93. The summed E-state index contributed by atoms with van der Waals surface area (Å²) in [5.74, 6) is -0.494. The van der Waals surface area contributed by atoms with Crippen LogP contribution in [0.5, 0.6) is 5.75 Å². The molecule has 2 heterocycles. The molecule has 11 heteroatoms. The highest BCUT2D eigenvalue weighted by molar-refractivity contribution is 7.89. The molecule has 0 radical (unpaired) electrons. The fourth-order valence-corrected chi connectivity index (χ4v) is 4.30. The summed E-state index contributed by atoms with van der Waals surface area (Å²) < 4.78 is 40.1. The second kappa shape index (κ2) is 10.0. The van der Waals surface area contributed by atoms with Crippen LogP contribution in [0.2, 0.25) is 0 Å². The standard InChI is InChI=1S/C22H26N4O6S/c1-5-31-18-8-6-17(7-9-18)26-15(2)10-20(16(26)3)21(27)14-32-22(28)12-24-33(29,30)19-11-23-25(4)13-19/h6-11,13,24H,5,12,14H2,1-4H3. The number of Topliss-reactive ketones (excluding diaryl/α,β-unsaturated/α-hetero) is 1. The molecule has 33 heavy (non-hydrogen) atoms. The number of esters is 1. The second-order valence-corrected chi connectivity index (χ2v) is 9.07. The van der Waals surface area contributed by atoms with E-state index in [2.05, 4.69) is 9.82 Å². The van der Waals surface area contributed by atoms with Crippen LogP contribution in [0.1, 0.15) is 28.7 Å². The van der Waals surface area contributed by atoms with Gasteiger partial charge in [-0.2, -0.15) is 9.82 Å². The Morgan fingerprint density at radius 3 is 2.45 bits per heavy atom. The first-order chi connectivity index (χ1) is 15.6. The maximum Gasteiger partial charge on any atom is 0.321 e. The molecule has 0 bridgehead atoms. The Morgan fingerprint density at radius 2 is 1.85 bits per heavy atom. The van der Waals surface area contributed by atoms with Gasteiger partial charge in [-0.1, -0.05) is 0 Å². The van der Waals surface area contributed by atoms with Crippen LogP contribution in [0, 0.1) is 13.8 Å². The number of rotatable bonds is 10. The monoisotopic (exact) mass is 474 g/mol. The number of aryl methyl sites for hydroxylation is 2. The Morgan fingerprint density at radius 1 is 1.15 bits per heavy atom. The Balaban J connectivity index is 1.61. The van der Waals surface area contributed by atoms with Crippen molar-refractivity contribution >= 4 is 21.8 Å². The number of ketones is 1. The molecule has 0 aliphatic rings. The van der Waals surface area contributed by atoms with E-state index < -0.39 is 29.1 Å². The van der Waals surface area contributed by atoms with Crippen molar-refractivity contribution in [3.05, 3.63) is 59.7 Å². The first kappa shape index (κ1) is 24.2. The zero-order valence-corrected chi connectivity index (χ0v) is 19.7. The molecule has 0 unspecified atom stereocenters. The molecule has 0 amide bonds. The van der Waals surface area contributed by atoms with Gasteiger partial charge in [-0.05, 0) is 51.1 Å². The summed E-state index contributed by atoms with van der Waals surface area (Å²) in [7, 11) is -2.33. The van der Waals surface area contributed by atoms with Gasteiger partial charge in [0, 0.05) is 35.9 Å². The molecule has 0 aliphatic carbocycles. The molecule has 2 aromatic heterocycles. The smallest absolute Gasteiger partial charge is 0.321 e. The van der Waals surface area contributed by atoms with Crippen LogP contribution in [-0.2, 0) is 26.6 Å². The van der Waals surface area contributed by atoms with Crippen LogP contribution in [-0.4, -0.2) is 54.3 Å². The number of sulfonamides is 1. The van der Waals surface area contributed by atoms with Crippen molar-refractivity contribution < 1.29 is 27.5 Å². The van der Waals surface area contributed by atoms with Crippen LogP contribution in [0.15, 0.2) is 47.6 Å². The fourth-order valence-electron chi connectivity index (χ4n) is 3.35. The molecule has 1 aromatic carbocycles. The first-order valence-corrected chi connectivity index (χ1v) is 11.7. The molecule has 0 spiro atoms. The van der Waals surface area contributed by atoms with Gasteiger partial charge >= 0.3 is 5.97 Å². The van der Waals surface area contributed by atoms with Crippen molar-refractivity contribution in [3.8, 4) is 11.4 Å². The zero-order valence-electron chi connectivity index (χ0n) is 18.9. The number of carbonyl (C=O) groups excluding carboxylic acids is 2. The van der Waals surface area contributed by atoms with Crippen molar-refractivity contribution in [2.45, 2.75) is 25.7 Å². The van der Waals surface area contributed by atoms with E-state index in [1.165, 1.54) is 10.9 Å². The maximum absolute atomic E-state index is 12.7. The highest BCUT2D eigenvalue weighted by Gasteiger charge is 2.20. The Labute approximate surface area is 192 Å². The minimum absolute atomic E-state index is 0.0735. The van der Waals surface area contributed by atoms with Crippen molar-refractivity contribution in [2.24, 2.45) is 7.05 Å². The summed E-state index contributed by atoms with van der Waals surface area (Å²) in [5.41, 5.74) is 2.84. The summed E-state index contributed by atoms with van der Waals surface area (Å²) >= 11 is 0. The lowest BCUT2D eigenvalue weighted by Crippen LogP contribution is -2.31. The summed E-state index contributed by atoms with van der Waals surface area (Å²) in [6.07, 6.45) is 2.47. The molecular weight excluding hydrogens is 448 g/mol. The van der Waals surface area contributed by atoms with E-state index in [0.717, 1.165) is 23.3 Å². The highest BCUT2D eigenvalue weighted by atomic mass is 32.2. The summed E-state index contributed by atoms with van der Waals surface area (Å²) in [4.78, 5) is 24.6. The maximum atomic E-state index is 12.7. The van der Waals surface area contributed by atoms with Gasteiger partial charge in [0.1, 0.15) is 17.2 Å². The lowest BCUT2D eigenvalue weighted by molar-refractivity contribution is -0.141. The minimum Gasteiger partial charge on any atom is -0.494 e. The van der Waals surface area contributed by atoms with Crippen molar-refractivity contribution in [2.75, 3.05) is 19.8 Å². The molecule has 176 valence electrons. The highest BCUT2D eigenvalue weighted by Crippen LogP contribution is 2.23. The van der Waals surface area contributed by atoms with Crippen LogP contribution in [0.4, 0.5) is 0 Å². The number of nitrogens with one attached hydrogen (secondary N) is 1. The van der Waals surface area contributed by atoms with Crippen LogP contribution < -0.4 is 9.46 Å². The number of hydrogen-bond donors (Lipinski definition) is 1. The molecular formula is C22H26N4O6S. The fraction of sp³-hybridized carbons (Fsp3) is 0.318. The van der Waals surface area contributed by atoms with Gasteiger partial charge in [0.25, 0.3) is 0 Å². The normalized spacial score (nSPS) is 11.4. The molecule has 0 saturated heterocycles. The van der Waals surface area contributed by atoms with Crippen molar-refractivity contribution in [1.29, 1.82) is 0 Å². The van der Waals surface area contributed by atoms with Gasteiger partial charge in [-0.15, -0.1) is 0 Å². The van der Waals surface area contributed by atoms with Crippen LogP contribution in [0.25, 0.3) is 5.69 Å². The number of carbonyl (C=O) groups is 2. The SMILES string of the molecule is CCOc1ccc(-n2c(C)cc(C(=O)COC(=O)CNS(=O)(=O)c3cnn(C)c3)c2C)cc1. The summed E-state index contributed by atoms with van der Waals surface area (Å²) in [6, 6.07) is 9.23. The van der Waals surface area contributed by atoms with Gasteiger partial charge in [0.05, 0.1) is 12.8 Å².